The Hall–Kier alpha value is -3.07. The van der Waals surface area contributed by atoms with Crippen molar-refractivity contribution < 1.29 is 4.39 Å². The number of nitrogens with zero attached hydrogens (tertiary/aromatic N) is 4. The summed E-state index contributed by atoms with van der Waals surface area (Å²) in [6.07, 6.45) is 3.55. The minimum atomic E-state index is -0.389. The molecule has 0 spiro atoms. The molecule has 4 aromatic rings. The zero-order chi connectivity index (χ0) is 23.7. The van der Waals surface area contributed by atoms with Crippen molar-refractivity contribution in [1.82, 2.24) is 30.4 Å². The molecule has 1 aliphatic rings. The first-order chi connectivity index (χ1) is 16.5. The third kappa shape index (κ3) is 4.89. The van der Waals surface area contributed by atoms with E-state index in [0.717, 1.165) is 42.9 Å². The van der Waals surface area contributed by atoms with E-state index < -0.39 is 0 Å². The molecule has 1 aromatic carbocycles. The molecule has 5 rings (SSSR count). The number of hydrogen-bond donors (Lipinski definition) is 3. The smallest absolute Gasteiger partial charge is 0.132 e. The zero-order valence-corrected chi connectivity index (χ0v) is 19.9. The van der Waals surface area contributed by atoms with E-state index in [4.69, 9.17) is 16.6 Å². The molecule has 0 amide bonds. The summed E-state index contributed by atoms with van der Waals surface area (Å²) in [5.74, 6) is -0.389. The zero-order valence-electron chi connectivity index (χ0n) is 19.1. The predicted molar refractivity (Wildman–Crippen MR) is 135 cm³/mol. The van der Waals surface area contributed by atoms with Gasteiger partial charge in [0.25, 0.3) is 0 Å². The number of fused-ring (bicyclic) bond motifs is 1. The largest absolute Gasteiger partial charge is 0.382 e. The Morgan fingerprint density at radius 2 is 1.91 bits per heavy atom. The summed E-state index contributed by atoms with van der Waals surface area (Å²) in [6, 6.07) is 11.2. The molecule has 2 atom stereocenters. The number of anilines is 1. The van der Waals surface area contributed by atoms with Crippen molar-refractivity contribution in [3.8, 4) is 22.5 Å². The Kier molecular flexibility index (Phi) is 6.45. The summed E-state index contributed by atoms with van der Waals surface area (Å²) in [6.45, 7) is 8.33. The minimum Gasteiger partial charge on any atom is -0.382 e. The summed E-state index contributed by atoms with van der Waals surface area (Å²) in [5, 5.41) is 14.6. The van der Waals surface area contributed by atoms with Gasteiger partial charge in [-0.25, -0.2) is 9.37 Å². The molecular formula is C25H27ClFN7. The van der Waals surface area contributed by atoms with Gasteiger partial charge in [-0.3, -0.25) is 15.0 Å². The van der Waals surface area contributed by atoms with Crippen LogP contribution in [0.15, 0.2) is 48.8 Å². The van der Waals surface area contributed by atoms with Crippen LogP contribution in [0.5, 0.6) is 0 Å². The van der Waals surface area contributed by atoms with Gasteiger partial charge in [0, 0.05) is 60.6 Å². The molecule has 176 valence electrons. The molecule has 9 heteroatoms. The van der Waals surface area contributed by atoms with Gasteiger partial charge in [0.15, 0.2) is 0 Å². The van der Waals surface area contributed by atoms with Crippen molar-refractivity contribution in [2.75, 3.05) is 31.5 Å². The highest BCUT2D eigenvalue weighted by atomic mass is 35.5. The average molecular weight is 480 g/mol. The number of piperazine rings is 1. The fourth-order valence-electron chi connectivity index (χ4n) is 4.60. The molecule has 3 aromatic heterocycles. The number of aromatic nitrogens is 4. The third-order valence-electron chi connectivity index (χ3n) is 6.03. The summed E-state index contributed by atoms with van der Waals surface area (Å²) in [4.78, 5) is 11.8. The highest BCUT2D eigenvalue weighted by Crippen LogP contribution is 2.33. The van der Waals surface area contributed by atoms with Crippen LogP contribution in [0.25, 0.3) is 33.5 Å². The first-order valence-electron chi connectivity index (χ1n) is 11.4. The van der Waals surface area contributed by atoms with E-state index in [1.807, 2.05) is 24.4 Å². The van der Waals surface area contributed by atoms with Gasteiger partial charge in [-0.2, -0.15) is 5.10 Å². The predicted octanol–water partition coefficient (Wildman–Crippen LogP) is 4.57. The first-order valence-corrected chi connectivity index (χ1v) is 11.8. The number of halogens is 2. The topological polar surface area (TPSA) is 81.8 Å². The van der Waals surface area contributed by atoms with Crippen molar-refractivity contribution in [2.45, 2.75) is 25.9 Å². The Morgan fingerprint density at radius 3 is 2.74 bits per heavy atom. The molecule has 1 aliphatic heterocycles. The molecule has 3 N–H and O–H groups in total. The van der Waals surface area contributed by atoms with Crippen molar-refractivity contribution in [3.63, 3.8) is 0 Å². The normalized spacial score (nSPS) is 18.9. The Morgan fingerprint density at radius 1 is 1.09 bits per heavy atom. The third-order valence-corrected chi connectivity index (χ3v) is 6.26. The average Bonchev–Trinajstić information content (AvgIpc) is 3.29. The maximum absolute atomic E-state index is 14.5. The molecule has 0 aliphatic carbocycles. The standard InChI is InChI=1S/C25H27ClFN7/c1-15-13-34(14-16(2)31-15)8-7-28-18-10-24-23(29-11-18)6-5-22(32-24)20-12-30-33-25(20)19-9-17(26)3-4-21(19)27/h3-6,9-12,15-16,28,31H,7-8,13-14H2,1-2H3,(H,30,33)/t15-,16+. The van der Waals surface area contributed by atoms with Gasteiger partial charge in [-0.15, -0.1) is 0 Å². The lowest BCUT2D eigenvalue weighted by atomic mass is 10.0. The number of hydrogen-bond acceptors (Lipinski definition) is 6. The van der Waals surface area contributed by atoms with Crippen molar-refractivity contribution in [1.29, 1.82) is 0 Å². The van der Waals surface area contributed by atoms with Crippen LogP contribution in [-0.4, -0.2) is 63.3 Å². The Labute approximate surface area is 202 Å². The van der Waals surface area contributed by atoms with Gasteiger partial charge in [0.2, 0.25) is 0 Å². The van der Waals surface area contributed by atoms with Crippen LogP contribution in [0.1, 0.15) is 13.8 Å². The van der Waals surface area contributed by atoms with E-state index in [9.17, 15) is 4.39 Å². The van der Waals surface area contributed by atoms with E-state index in [2.05, 4.69) is 44.6 Å². The van der Waals surface area contributed by atoms with Crippen molar-refractivity contribution in [2.24, 2.45) is 0 Å². The number of nitrogens with one attached hydrogen (secondary N) is 3. The highest BCUT2D eigenvalue weighted by molar-refractivity contribution is 6.30. The number of benzene rings is 1. The summed E-state index contributed by atoms with van der Waals surface area (Å²) < 4.78 is 14.5. The van der Waals surface area contributed by atoms with Crippen LogP contribution in [0.3, 0.4) is 0 Å². The first kappa shape index (κ1) is 22.7. The molecule has 0 unspecified atom stereocenters. The van der Waals surface area contributed by atoms with Crippen LogP contribution < -0.4 is 10.6 Å². The number of rotatable bonds is 6. The van der Waals surface area contributed by atoms with Crippen LogP contribution in [0.2, 0.25) is 5.02 Å². The van der Waals surface area contributed by atoms with Gasteiger partial charge in [0.1, 0.15) is 11.5 Å². The van der Waals surface area contributed by atoms with E-state index in [1.54, 1.807) is 12.3 Å². The molecular weight excluding hydrogens is 453 g/mol. The molecule has 7 nitrogen and oxygen atoms in total. The molecule has 1 saturated heterocycles. The van der Waals surface area contributed by atoms with Crippen LogP contribution >= 0.6 is 11.6 Å². The summed E-state index contributed by atoms with van der Waals surface area (Å²) in [7, 11) is 0. The van der Waals surface area contributed by atoms with Crippen molar-refractivity contribution >= 4 is 28.3 Å². The van der Waals surface area contributed by atoms with Gasteiger partial charge in [-0.05, 0) is 50.2 Å². The van der Waals surface area contributed by atoms with Crippen LogP contribution in [-0.2, 0) is 0 Å². The second kappa shape index (κ2) is 9.66. The van der Waals surface area contributed by atoms with E-state index in [-0.39, 0.29) is 5.82 Å². The van der Waals surface area contributed by atoms with Gasteiger partial charge in [0.05, 0.1) is 28.6 Å². The maximum atomic E-state index is 14.5. The molecule has 4 heterocycles. The monoisotopic (exact) mass is 479 g/mol. The maximum Gasteiger partial charge on any atom is 0.132 e. The second-order valence-electron chi connectivity index (χ2n) is 8.89. The fraction of sp³-hybridized carbons (Fsp3) is 0.320. The van der Waals surface area contributed by atoms with Gasteiger partial charge >= 0.3 is 0 Å². The number of aromatic amines is 1. The van der Waals surface area contributed by atoms with Crippen LogP contribution in [0.4, 0.5) is 10.1 Å². The van der Waals surface area contributed by atoms with Gasteiger partial charge < -0.3 is 10.6 Å². The highest BCUT2D eigenvalue weighted by Gasteiger charge is 2.20. The van der Waals surface area contributed by atoms with E-state index in [0.29, 0.717) is 39.6 Å². The SMILES string of the molecule is C[C@@H]1CN(CCNc2cnc3ccc(-c4c[nH]nc4-c4cc(Cl)ccc4F)nc3c2)C[C@H](C)N1. The molecule has 0 bridgehead atoms. The summed E-state index contributed by atoms with van der Waals surface area (Å²) in [5.41, 5.74) is 4.64. The van der Waals surface area contributed by atoms with E-state index >= 15 is 0 Å². The van der Waals surface area contributed by atoms with E-state index in [1.165, 1.54) is 12.1 Å². The lowest BCUT2D eigenvalue weighted by Gasteiger charge is -2.36. The number of pyridine rings is 2. The molecule has 0 saturated carbocycles. The quantitative estimate of drug-likeness (QED) is 0.376. The molecule has 1 fully saturated rings. The van der Waals surface area contributed by atoms with Crippen LogP contribution in [0, 0.1) is 5.82 Å². The Bertz CT molecular complexity index is 1300. The Balaban J connectivity index is 1.35. The lowest BCUT2D eigenvalue weighted by Crippen LogP contribution is -2.54. The van der Waals surface area contributed by atoms with Gasteiger partial charge in [-0.1, -0.05) is 11.6 Å². The minimum absolute atomic E-state index is 0.329. The fourth-order valence-corrected chi connectivity index (χ4v) is 4.78. The van der Waals surface area contributed by atoms with Crippen molar-refractivity contribution in [3.05, 3.63) is 59.6 Å². The molecule has 0 radical (unpaired) electrons. The second-order valence-corrected chi connectivity index (χ2v) is 9.32. The number of H-pyrrole nitrogens is 1. The lowest BCUT2D eigenvalue weighted by molar-refractivity contribution is 0.179. The molecule has 34 heavy (non-hydrogen) atoms. The summed E-state index contributed by atoms with van der Waals surface area (Å²) >= 11 is 6.09.